The third-order valence-electron chi connectivity index (χ3n) is 10.6. The predicted molar refractivity (Wildman–Crippen MR) is 206 cm³/mol. The third-order valence-corrected chi connectivity index (χ3v) is 11.3. The number of carbonyl (C=O) groups is 3. The first-order valence-corrected chi connectivity index (χ1v) is 19.4. The highest BCUT2D eigenvalue weighted by atomic mass is 35.5. The topological polar surface area (TPSA) is 79.4 Å². The Balaban J connectivity index is 0.000000192. The number of likely N-dealkylation sites (tertiary alicyclic amines) is 3. The molecule has 1 aliphatic carbocycles. The number of piperidine rings is 2. The Hall–Kier alpha value is -2.81. The molecule has 282 valence electrons. The van der Waals surface area contributed by atoms with Crippen LogP contribution in [0.4, 0.5) is 9.59 Å². The first-order valence-electron chi connectivity index (χ1n) is 18.7. The lowest BCUT2D eigenvalue weighted by Gasteiger charge is -2.45. The van der Waals surface area contributed by atoms with Crippen LogP contribution in [0.2, 0.25) is 10.0 Å². The van der Waals surface area contributed by atoms with E-state index in [2.05, 4.69) is 17.0 Å². The van der Waals surface area contributed by atoms with E-state index in [-0.39, 0.29) is 23.3 Å². The highest BCUT2D eigenvalue weighted by Crippen LogP contribution is 2.46. The van der Waals surface area contributed by atoms with Gasteiger partial charge in [0.05, 0.1) is 5.02 Å². The van der Waals surface area contributed by atoms with Gasteiger partial charge in [0.25, 0.3) is 0 Å². The van der Waals surface area contributed by atoms with Gasteiger partial charge < -0.3 is 19.3 Å². The van der Waals surface area contributed by atoms with Gasteiger partial charge in [-0.15, -0.1) is 0 Å². The molecule has 1 saturated carbocycles. The van der Waals surface area contributed by atoms with E-state index in [9.17, 15) is 14.4 Å². The van der Waals surface area contributed by atoms with Crippen LogP contribution in [0.3, 0.4) is 0 Å². The second kappa shape index (κ2) is 17.8. The van der Waals surface area contributed by atoms with Crippen LogP contribution in [0.25, 0.3) is 0 Å². The smallest absolute Gasteiger partial charge is 0.410 e. The van der Waals surface area contributed by atoms with E-state index < -0.39 is 5.60 Å². The molecule has 8 nitrogen and oxygen atoms in total. The van der Waals surface area contributed by atoms with Gasteiger partial charge in [-0.2, -0.15) is 0 Å². The zero-order valence-corrected chi connectivity index (χ0v) is 33.2. The van der Waals surface area contributed by atoms with E-state index in [0.29, 0.717) is 16.0 Å². The number of halogens is 2. The summed E-state index contributed by atoms with van der Waals surface area (Å²) in [5, 5.41) is 1.35. The fourth-order valence-corrected chi connectivity index (χ4v) is 8.13. The molecular weight excluding hydrogens is 685 g/mol. The molecule has 10 heteroatoms. The Bertz CT molecular complexity index is 1450. The largest absolute Gasteiger partial charge is 0.444 e. The standard InChI is InChI=1S/C20H29ClN2O2.C14H25NO2.C7H5ClO/c1-19(2,3)25-18(24)22-13-10-20(11-14-22)9-6-12-23(20)15-16-7-4-5-8-17(16)21;1-13(2,3)17-12(16)15-10-8-14(9-11-15)6-4-5-7-14;8-7-4-2-1-3-6(7)5-9/h4-5,7-8H,6,9-15H2,1-3H3;4-11H2,1-3H3;1-5H. The van der Waals surface area contributed by atoms with E-state index in [1.165, 1.54) is 56.9 Å². The normalized spacial score (nSPS) is 19.8. The number of ether oxygens (including phenoxy) is 2. The molecule has 2 aromatic carbocycles. The van der Waals surface area contributed by atoms with Crippen molar-refractivity contribution >= 4 is 41.7 Å². The molecular formula is C41H59Cl2N3O5. The minimum absolute atomic E-state index is 0.134. The van der Waals surface area contributed by atoms with Gasteiger partial charge >= 0.3 is 12.2 Å². The van der Waals surface area contributed by atoms with Crippen molar-refractivity contribution in [3.05, 3.63) is 69.7 Å². The van der Waals surface area contributed by atoms with Crippen LogP contribution in [-0.4, -0.2) is 82.6 Å². The zero-order valence-electron chi connectivity index (χ0n) is 31.6. The minimum atomic E-state index is -0.435. The van der Waals surface area contributed by atoms with E-state index in [1.807, 2.05) is 63.5 Å². The Morgan fingerprint density at radius 3 is 1.63 bits per heavy atom. The Morgan fingerprint density at radius 2 is 1.16 bits per heavy atom. The van der Waals surface area contributed by atoms with Crippen molar-refractivity contribution in [3.63, 3.8) is 0 Å². The first-order chi connectivity index (χ1) is 24.0. The Labute approximate surface area is 316 Å². The molecule has 6 rings (SSSR count). The van der Waals surface area contributed by atoms with Crippen LogP contribution in [0.5, 0.6) is 0 Å². The van der Waals surface area contributed by atoms with Gasteiger partial charge in [-0.3, -0.25) is 9.69 Å². The maximum atomic E-state index is 12.3. The van der Waals surface area contributed by atoms with Gasteiger partial charge in [-0.1, -0.05) is 72.4 Å². The molecule has 3 aliphatic heterocycles. The second-order valence-electron chi connectivity index (χ2n) is 16.6. The molecule has 0 aromatic heterocycles. The monoisotopic (exact) mass is 743 g/mol. The summed E-state index contributed by atoms with van der Waals surface area (Å²) in [4.78, 5) is 40.7. The van der Waals surface area contributed by atoms with Crippen LogP contribution in [0.15, 0.2) is 48.5 Å². The van der Waals surface area contributed by atoms with E-state index >= 15 is 0 Å². The highest BCUT2D eigenvalue weighted by molar-refractivity contribution is 6.32. The number of carbonyl (C=O) groups excluding carboxylic acids is 3. The van der Waals surface area contributed by atoms with Crippen LogP contribution in [-0.2, 0) is 16.0 Å². The van der Waals surface area contributed by atoms with Gasteiger partial charge in [0, 0.05) is 48.8 Å². The third kappa shape index (κ3) is 12.1. The number of amides is 2. The van der Waals surface area contributed by atoms with Crippen molar-refractivity contribution in [2.75, 3.05) is 32.7 Å². The van der Waals surface area contributed by atoms with Crippen molar-refractivity contribution in [2.24, 2.45) is 5.41 Å². The van der Waals surface area contributed by atoms with Gasteiger partial charge in [0.1, 0.15) is 11.2 Å². The summed E-state index contributed by atoms with van der Waals surface area (Å²) < 4.78 is 10.9. The highest BCUT2D eigenvalue weighted by Gasteiger charge is 2.44. The lowest BCUT2D eigenvalue weighted by atomic mass is 9.77. The van der Waals surface area contributed by atoms with Crippen molar-refractivity contribution in [1.82, 2.24) is 14.7 Å². The molecule has 4 fully saturated rings. The Morgan fingerprint density at radius 1 is 0.667 bits per heavy atom. The summed E-state index contributed by atoms with van der Waals surface area (Å²) in [7, 11) is 0. The van der Waals surface area contributed by atoms with Crippen LogP contribution in [0.1, 0.15) is 122 Å². The lowest BCUT2D eigenvalue weighted by molar-refractivity contribution is 0.00154. The minimum Gasteiger partial charge on any atom is -0.444 e. The molecule has 51 heavy (non-hydrogen) atoms. The summed E-state index contributed by atoms with van der Waals surface area (Å²) in [6, 6.07) is 15.0. The SMILES string of the molecule is CC(C)(C)OC(=O)N1CCC2(CCCC2)CC1.CC(C)(C)OC(=O)N1CCC2(CCCN2Cc2ccccc2Cl)CC1.O=Cc1ccccc1Cl. The number of hydrogen-bond acceptors (Lipinski definition) is 6. The van der Waals surface area contributed by atoms with Gasteiger partial charge in [-0.05, 0) is 123 Å². The molecule has 0 unspecified atom stereocenters. The Kier molecular flexibility index (Phi) is 14.3. The molecule has 2 amide bonds. The van der Waals surface area contributed by atoms with Gasteiger partial charge in [0.2, 0.25) is 0 Å². The summed E-state index contributed by atoms with van der Waals surface area (Å²) in [6.07, 6.45) is 12.7. The average Bonchev–Trinajstić information content (AvgIpc) is 3.68. The fraction of sp³-hybridized carbons (Fsp3) is 0.634. The summed E-state index contributed by atoms with van der Waals surface area (Å²) in [6.45, 7) is 16.8. The zero-order chi connectivity index (χ0) is 37.3. The van der Waals surface area contributed by atoms with Gasteiger partial charge in [-0.25, -0.2) is 9.59 Å². The van der Waals surface area contributed by atoms with Crippen molar-refractivity contribution in [2.45, 2.75) is 129 Å². The first kappa shape index (κ1) is 41.0. The molecule has 2 spiro atoms. The molecule has 3 heterocycles. The van der Waals surface area contributed by atoms with Crippen LogP contribution < -0.4 is 0 Å². The summed E-state index contributed by atoms with van der Waals surface area (Å²) >= 11 is 12.0. The maximum Gasteiger partial charge on any atom is 0.410 e. The molecule has 0 atom stereocenters. The van der Waals surface area contributed by atoms with E-state index in [4.69, 9.17) is 32.7 Å². The number of benzene rings is 2. The number of rotatable bonds is 3. The summed E-state index contributed by atoms with van der Waals surface area (Å²) in [5.74, 6) is 0. The number of aldehydes is 1. The van der Waals surface area contributed by atoms with Crippen LogP contribution >= 0.6 is 23.2 Å². The molecule has 0 radical (unpaired) electrons. The maximum absolute atomic E-state index is 12.3. The van der Waals surface area contributed by atoms with E-state index in [0.717, 1.165) is 63.4 Å². The molecule has 3 saturated heterocycles. The summed E-state index contributed by atoms with van der Waals surface area (Å²) in [5.41, 5.74) is 1.70. The number of hydrogen-bond donors (Lipinski definition) is 0. The quantitative estimate of drug-likeness (QED) is 0.291. The molecule has 0 N–H and O–H groups in total. The molecule has 0 bridgehead atoms. The van der Waals surface area contributed by atoms with E-state index in [1.54, 1.807) is 24.3 Å². The molecule has 2 aromatic rings. The average molecular weight is 745 g/mol. The van der Waals surface area contributed by atoms with Crippen molar-refractivity contribution in [1.29, 1.82) is 0 Å². The number of nitrogens with zero attached hydrogens (tertiary/aromatic N) is 3. The second-order valence-corrected chi connectivity index (χ2v) is 17.4. The van der Waals surface area contributed by atoms with Crippen molar-refractivity contribution < 1.29 is 23.9 Å². The molecule has 4 aliphatic rings. The lowest BCUT2D eigenvalue weighted by Crippen LogP contribution is -2.53. The van der Waals surface area contributed by atoms with Gasteiger partial charge in [0.15, 0.2) is 6.29 Å². The fourth-order valence-electron chi connectivity index (χ4n) is 7.76. The van der Waals surface area contributed by atoms with Crippen molar-refractivity contribution in [3.8, 4) is 0 Å². The predicted octanol–water partition coefficient (Wildman–Crippen LogP) is 10.4. The van der Waals surface area contributed by atoms with Crippen LogP contribution in [0, 0.1) is 5.41 Å².